The highest BCUT2D eigenvalue weighted by Crippen LogP contribution is 2.10. The topological polar surface area (TPSA) is 90.0 Å². The molecule has 1 aromatic carbocycles. The zero-order chi connectivity index (χ0) is 20.1. The molecule has 2 aliphatic rings. The minimum absolute atomic E-state index is 0.119. The molecule has 2 saturated heterocycles. The van der Waals surface area contributed by atoms with Crippen LogP contribution >= 0.6 is 0 Å². The Morgan fingerprint density at radius 3 is 1.96 bits per heavy atom. The summed E-state index contributed by atoms with van der Waals surface area (Å²) in [6, 6.07) is 5.54. The summed E-state index contributed by atoms with van der Waals surface area (Å²) in [5.41, 5.74) is -0.119. The fourth-order valence-corrected chi connectivity index (χ4v) is 3.36. The molecule has 0 bridgehead atoms. The van der Waals surface area contributed by atoms with Gasteiger partial charge in [-0.1, -0.05) is 12.1 Å². The van der Waals surface area contributed by atoms with Crippen molar-refractivity contribution in [3.05, 3.63) is 35.6 Å². The molecule has 1 aromatic rings. The van der Waals surface area contributed by atoms with Crippen LogP contribution in [0.3, 0.4) is 0 Å². The zero-order valence-electron chi connectivity index (χ0n) is 15.5. The number of carbonyl (C=O) groups excluding carboxylic acids is 4. The van der Waals surface area contributed by atoms with Gasteiger partial charge in [0.25, 0.3) is 5.91 Å². The van der Waals surface area contributed by atoms with Gasteiger partial charge in [0.05, 0.1) is 12.1 Å². The summed E-state index contributed by atoms with van der Waals surface area (Å²) in [5.74, 6) is -2.63. The fourth-order valence-electron chi connectivity index (χ4n) is 3.36. The third-order valence-corrected chi connectivity index (χ3v) is 5.01. The number of carbonyl (C=O) groups is 4. The van der Waals surface area contributed by atoms with Gasteiger partial charge in [-0.2, -0.15) is 0 Å². The maximum atomic E-state index is 13.6. The van der Waals surface area contributed by atoms with Crippen LogP contribution in [0.25, 0.3) is 0 Å². The Morgan fingerprint density at radius 2 is 1.36 bits per heavy atom. The summed E-state index contributed by atoms with van der Waals surface area (Å²) in [5, 5.41) is 2.41. The molecule has 8 nitrogen and oxygen atoms in total. The first-order chi connectivity index (χ1) is 13.5. The lowest BCUT2D eigenvalue weighted by Gasteiger charge is -2.35. The van der Waals surface area contributed by atoms with Crippen molar-refractivity contribution >= 4 is 23.6 Å². The minimum atomic E-state index is -0.656. The molecule has 4 amide bonds. The molecule has 150 valence electrons. The van der Waals surface area contributed by atoms with Gasteiger partial charge in [0.1, 0.15) is 5.82 Å². The normalized spacial score (nSPS) is 16.8. The van der Waals surface area contributed by atoms with Crippen molar-refractivity contribution in [1.29, 1.82) is 0 Å². The lowest BCUT2D eigenvalue weighted by molar-refractivity contribution is -0.153. The monoisotopic (exact) mass is 390 g/mol. The van der Waals surface area contributed by atoms with Crippen LogP contribution in [0.4, 0.5) is 4.39 Å². The number of nitrogens with one attached hydrogen (secondary N) is 1. The fraction of sp³-hybridized carbons (Fsp3) is 0.474. The lowest BCUT2D eigenvalue weighted by Crippen LogP contribution is -2.55. The Labute approximate surface area is 162 Å². The summed E-state index contributed by atoms with van der Waals surface area (Å²) in [6.07, 6.45) is 1.83. The number of halogens is 1. The first-order valence-corrected chi connectivity index (χ1v) is 9.36. The van der Waals surface area contributed by atoms with E-state index in [2.05, 4.69) is 5.32 Å². The number of nitrogens with zero attached hydrogens (tertiary/aromatic N) is 3. The number of rotatable bonds is 3. The molecule has 2 aliphatic heterocycles. The smallest absolute Gasteiger partial charge is 0.312 e. The molecule has 0 saturated carbocycles. The van der Waals surface area contributed by atoms with Crippen LogP contribution < -0.4 is 5.32 Å². The van der Waals surface area contributed by atoms with E-state index >= 15 is 0 Å². The van der Waals surface area contributed by atoms with E-state index in [0.29, 0.717) is 13.1 Å². The molecular weight excluding hydrogens is 367 g/mol. The van der Waals surface area contributed by atoms with E-state index in [0.717, 1.165) is 12.8 Å². The molecule has 0 aliphatic carbocycles. The molecule has 0 radical (unpaired) electrons. The summed E-state index contributed by atoms with van der Waals surface area (Å²) in [6.45, 7) is 2.08. The highest BCUT2D eigenvalue weighted by Gasteiger charge is 2.31. The number of likely N-dealkylation sites (tertiary alicyclic amines) is 1. The highest BCUT2D eigenvalue weighted by atomic mass is 19.1. The molecule has 0 spiro atoms. The quantitative estimate of drug-likeness (QED) is 0.727. The third kappa shape index (κ3) is 4.47. The standard InChI is InChI=1S/C19H23FN4O4/c20-15-6-2-1-5-14(15)17(26)21-13-16(25)22-9-11-24(12-10-22)19(28)18(27)23-7-3-4-8-23/h1-2,5-6H,3-4,7-13H2,(H,21,26). The molecule has 0 aromatic heterocycles. The van der Waals surface area contributed by atoms with Crippen molar-refractivity contribution in [2.24, 2.45) is 0 Å². The molecule has 2 fully saturated rings. The molecule has 3 rings (SSSR count). The van der Waals surface area contributed by atoms with Gasteiger partial charge in [0.2, 0.25) is 5.91 Å². The summed E-state index contributed by atoms with van der Waals surface area (Å²) < 4.78 is 13.6. The number of hydrogen-bond donors (Lipinski definition) is 1. The average Bonchev–Trinajstić information content (AvgIpc) is 3.26. The van der Waals surface area contributed by atoms with Crippen molar-refractivity contribution in [3.8, 4) is 0 Å². The summed E-state index contributed by atoms with van der Waals surface area (Å²) in [4.78, 5) is 53.3. The van der Waals surface area contributed by atoms with Gasteiger partial charge in [-0.05, 0) is 25.0 Å². The van der Waals surface area contributed by atoms with Crippen molar-refractivity contribution in [3.63, 3.8) is 0 Å². The van der Waals surface area contributed by atoms with Gasteiger partial charge in [0.15, 0.2) is 0 Å². The summed E-state index contributed by atoms with van der Waals surface area (Å²) in [7, 11) is 0. The number of piperazine rings is 1. The lowest BCUT2D eigenvalue weighted by atomic mass is 10.2. The van der Waals surface area contributed by atoms with E-state index < -0.39 is 23.5 Å². The SMILES string of the molecule is O=C(NCC(=O)N1CCN(C(=O)C(=O)N2CCCC2)CC1)c1ccccc1F. The molecule has 28 heavy (non-hydrogen) atoms. The Kier molecular flexibility index (Phi) is 6.23. The zero-order valence-corrected chi connectivity index (χ0v) is 15.5. The largest absolute Gasteiger partial charge is 0.343 e. The van der Waals surface area contributed by atoms with Crippen LogP contribution in [0.5, 0.6) is 0 Å². The van der Waals surface area contributed by atoms with E-state index in [9.17, 15) is 23.6 Å². The van der Waals surface area contributed by atoms with Gasteiger partial charge in [-0.15, -0.1) is 0 Å². The molecule has 9 heteroatoms. The van der Waals surface area contributed by atoms with Crippen LogP contribution in [0, 0.1) is 5.82 Å². The predicted octanol–water partition coefficient (Wildman–Crippen LogP) is -0.151. The van der Waals surface area contributed by atoms with E-state index in [-0.39, 0.29) is 44.2 Å². The Bertz CT molecular complexity index is 771. The number of hydrogen-bond acceptors (Lipinski definition) is 4. The highest BCUT2D eigenvalue weighted by molar-refractivity contribution is 6.35. The van der Waals surface area contributed by atoms with Gasteiger partial charge < -0.3 is 20.0 Å². The Morgan fingerprint density at radius 1 is 0.821 bits per heavy atom. The maximum absolute atomic E-state index is 13.6. The van der Waals surface area contributed by atoms with E-state index in [4.69, 9.17) is 0 Å². The van der Waals surface area contributed by atoms with Crippen LogP contribution in [-0.2, 0) is 14.4 Å². The Balaban J connectivity index is 1.44. The van der Waals surface area contributed by atoms with Crippen LogP contribution in [-0.4, -0.2) is 84.1 Å². The van der Waals surface area contributed by atoms with Crippen molar-refractivity contribution in [2.45, 2.75) is 12.8 Å². The van der Waals surface area contributed by atoms with Crippen LogP contribution in [0.15, 0.2) is 24.3 Å². The summed E-state index contributed by atoms with van der Waals surface area (Å²) >= 11 is 0. The molecular formula is C19H23FN4O4. The third-order valence-electron chi connectivity index (χ3n) is 5.01. The van der Waals surface area contributed by atoms with Crippen LogP contribution in [0.2, 0.25) is 0 Å². The molecule has 1 N–H and O–H groups in total. The van der Waals surface area contributed by atoms with Gasteiger partial charge >= 0.3 is 11.8 Å². The van der Waals surface area contributed by atoms with E-state index in [1.54, 1.807) is 11.0 Å². The van der Waals surface area contributed by atoms with Gasteiger partial charge in [-0.25, -0.2) is 4.39 Å². The molecule has 0 unspecified atom stereocenters. The van der Waals surface area contributed by atoms with Crippen molar-refractivity contribution < 1.29 is 23.6 Å². The first kappa shape index (κ1) is 19.8. The van der Waals surface area contributed by atoms with Crippen LogP contribution in [0.1, 0.15) is 23.2 Å². The maximum Gasteiger partial charge on any atom is 0.312 e. The predicted molar refractivity (Wildman–Crippen MR) is 97.7 cm³/mol. The minimum Gasteiger partial charge on any atom is -0.343 e. The number of amides is 4. The average molecular weight is 390 g/mol. The second kappa shape index (κ2) is 8.81. The first-order valence-electron chi connectivity index (χ1n) is 9.36. The van der Waals surface area contributed by atoms with Gasteiger partial charge in [-0.3, -0.25) is 19.2 Å². The van der Waals surface area contributed by atoms with Crippen molar-refractivity contribution in [2.75, 3.05) is 45.8 Å². The van der Waals surface area contributed by atoms with E-state index in [1.165, 1.54) is 28.0 Å². The van der Waals surface area contributed by atoms with E-state index in [1.807, 2.05) is 0 Å². The Hall–Kier alpha value is -2.97. The second-order valence-corrected chi connectivity index (χ2v) is 6.83. The van der Waals surface area contributed by atoms with Crippen molar-refractivity contribution in [1.82, 2.24) is 20.0 Å². The second-order valence-electron chi connectivity index (χ2n) is 6.83. The molecule has 2 heterocycles. The molecule has 0 atom stereocenters. The number of benzene rings is 1. The van der Waals surface area contributed by atoms with Gasteiger partial charge in [0, 0.05) is 39.3 Å².